The van der Waals surface area contributed by atoms with Gasteiger partial charge in [0.15, 0.2) is 0 Å². The normalized spacial score (nSPS) is 13.9. The summed E-state index contributed by atoms with van der Waals surface area (Å²) in [7, 11) is 0. The van der Waals surface area contributed by atoms with Gasteiger partial charge in [0.1, 0.15) is 6.04 Å². The number of amides is 4. The number of nitrogens with one attached hydrogen (secondary N) is 2. The number of fused-ring (bicyclic) bond motifs is 1. The van der Waals surface area contributed by atoms with E-state index in [1.54, 1.807) is 42.5 Å². The Bertz CT molecular complexity index is 903. The van der Waals surface area contributed by atoms with Crippen LogP contribution in [0.1, 0.15) is 44.9 Å². The molecule has 0 saturated carbocycles. The number of carbonyl (C=O) groups is 4. The van der Waals surface area contributed by atoms with Crippen LogP contribution in [0.25, 0.3) is 0 Å². The molecule has 138 valence electrons. The third-order valence-corrected chi connectivity index (χ3v) is 4.32. The van der Waals surface area contributed by atoms with E-state index in [9.17, 15) is 19.2 Å². The number of benzene rings is 2. The Labute approximate surface area is 156 Å². The molecule has 0 bridgehead atoms. The Morgan fingerprint density at radius 1 is 1.00 bits per heavy atom. The molecule has 0 fully saturated rings. The molecule has 1 heterocycles. The van der Waals surface area contributed by atoms with Gasteiger partial charge in [-0.25, -0.2) is 0 Å². The number of anilines is 1. The van der Waals surface area contributed by atoms with Crippen molar-refractivity contribution in [3.05, 3.63) is 65.2 Å². The van der Waals surface area contributed by atoms with Crippen LogP contribution in [-0.2, 0) is 4.79 Å². The van der Waals surface area contributed by atoms with Gasteiger partial charge in [-0.1, -0.05) is 18.2 Å². The van der Waals surface area contributed by atoms with Gasteiger partial charge in [0, 0.05) is 17.8 Å². The molecular formula is C20H19N3O4. The molecule has 0 radical (unpaired) electrons. The smallest absolute Gasteiger partial charge is 0.262 e. The van der Waals surface area contributed by atoms with Gasteiger partial charge in [0.25, 0.3) is 17.7 Å². The van der Waals surface area contributed by atoms with Crippen molar-refractivity contribution in [3.63, 3.8) is 0 Å². The Hall–Kier alpha value is -3.48. The van der Waals surface area contributed by atoms with E-state index in [-0.39, 0.29) is 5.91 Å². The fraction of sp³-hybridized carbons (Fsp3) is 0.200. The maximum absolute atomic E-state index is 12.6. The zero-order valence-corrected chi connectivity index (χ0v) is 15.0. The average molecular weight is 365 g/mol. The van der Waals surface area contributed by atoms with E-state index in [1.165, 1.54) is 13.0 Å². The first-order valence-corrected chi connectivity index (χ1v) is 8.60. The van der Waals surface area contributed by atoms with Crippen LogP contribution in [0.5, 0.6) is 0 Å². The van der Waals surface area contributed by atoms with Crippen molar-refractivity contribution in [1.82, 2.24) is 10.2 Å². The van der Waals surface area contributed by atoms with Crippen molar-refractivity contribution in [3.8, 4) is 0 Å². The van der Waals surface area contributed by atoms with Crippen LogP contribution < -0.4 is 10.6 Å². The molecule has 1 unspecified atom stereocenters. The summed E-state index contributed by atoms with van der Waals surface area (Å²) in [5.74, 6) is -1.75. The molecule has 7 heteroatoms. The molecule has 4 amide bonds. The van der Waals surface area contributed by atoms with Crippen LogP contribution in [0.2, 0.25) is 0 Å². The topological polar surface area (TPSA) is 95.6 Å². The van der Waals surface area contributed by atoms with Crippen LogP contribution in [0.4, 0.5) is 5.69 Å². The minimum absolute atomic E-state index is 0.248. The number of hydrogen-bond donors (Lipinski definition) is 2. The summed E-state index contributed by atoms with van der Waals surface area (Å²) in [6.07, 6.45) is 0. The van der Waals surface area contributed by atoms with Gasteiger partial charge >= 0.3 is 0 Å². The second kappa shape index (κ2) is 7.41. The van der Waals surface area contributed by atoms with Gasteiger partial charge in [-0.3, -0.25) is 24.1 Å². The molecule has 1 aliphatic rings. The predicted molar refractivity (Wildman–Crippen MR) is 99.5 cm³/mol. The lowest BCUT2D eigenvalue weighted by Crippen LogP contribution is -2.45. The number of nitrogens with zero attached hydrogens (tertiary/aromatic N) is 1. The van der Waals surface area contributed by atoms with Crippen LogP contribution in [0, 0.1) is 0 Å². The number of hydrogen-bond acceptors (Lipinski definition) is 4. The van der Waals surface area contributed by atoms with Crippen molar-refractivity contribution in [2.24, 2.45) is 0 Å². The first-order valence-electron chi connectivity index (χ1n) is 8.60. The largest absolute Gasteiger partial charge is 0.352 e. The first-order chi connectivity index (χ1) is 12.9. The maximum Gasteiger partial charge on any atom is 0.262 e. The highest BCUT2D eigenvalue weighted by atomic mass is 16.2. The molecule has 0 aliphatic carbocycles. The number of imide groups is 1. The third kappa shape index (κ3) is 3.44. The van der Waals surface area contributed by atoms with Crippen molar-refractivity contribution in [1.29, 1.82) is 0 Å². The van der Waals surface area contributed by atoms with E-state index in [0.29, 0.717) is 28.9 Å². The van der Waals surface area contributed by atoms with Crippen LogP contribution in [0.15, 0.2) is 48.5 Å². The summed E-state index contributed by atoms with van der Waals surface area (Å²) >= 11 is 0. The molecule has 2 aromatic rings. The molecule has 27 heavy (non-hydrogen) atoms. The van der Waals surface area contributed by atoms with Gasteiger partial charge in [0.2, 0.25) is 5.91 Å². The minimum atomic E-state index is -0.995. The molecule has 1 atom stereocenters. The first kappa shape index (κ1) is 18.3. The van der Waals surface area contributed by atoms with E-state index in [0.717, 1.165) is 4.90 Å². The highest BCUT2D eigenvalue weighted by molar-refractivity contribution is 6.23. The Morgan fingerprint density at radius 2 is 1.63 bits per heavy atom. The Balaban J connectivity index is 1.76. The van der Waals surface area contributed by atoms with Gasteiger partial charge < -0.3 is 10.6 Å². The molecule has 2 aromatic carbocycles. The molecule has 7 nitrogen and oxygen atoms in total. The Morgan fingerprint density at radius 3 is 2.22 bits per heavy atom. The van der Waals surface area contributed by atoms with Gasteiger partial charge in [-0.2, -0.15) is 0 Å². The Kier molecular flexibility index (Phi) is 5.03. The molecular weight excluding hydrogens is 346 g/mol. The monoisotopic (exact) mass is 365 g/mol. The lowest BCUT2D eigenvalue weighted by atomic mass is 10.1. The standard InChI is InChI=1S/C20H19N3O4/c1-3-21-18(25)13-7-6-8-14(11-13)22-17(24)12(2)23-19(26)15-9-4-5-10-16(15)20(23)27/h4-12H,3H2,1-2H3,(H,21,25)(H,22,24). The van der Waals surface area contributed by atoms with Gasteiger partial charge in [-0.15, -0.1) is 0 Å². The van der Waals surface area contributed by atoms with Gasteiger partial charge in [0.05, 0.1) is 11.1 Å². The van der Waals surface area contributed by atoms with E-state index >= 15 is 0 Å². The number of carbonyl (C=O) groups excluding carboxylic acids is 4. The van der Waals surface area contributed by atoms with E-state index in [2.05, 4.69) is 10.6 Å². The quantitative estimate of drug-likeness (QED) is 0.793. The molecule has 2 N–H and O–H groups in total. The third-order valence-electron chi connectivity index (χ3n) is 4.32. The summed E-state index contributed by atoms with van der Waals surface area (Å²) in [5.41, 5.74) is 1.40. The van der Waals surface area contributed by atoms with Gasteiger partial charge in [-0.05, 0) is 44.2 Å². The molecule has 3 rings (SSSR count). The fourth-order valence-corrected chi connectivity index (χ4v) is 2.92. The average Bonchev–Trinajstić information content (AvgIpc) is 2.92. The van der Waals surface area contributed by atoms with E-state index in [1.807, 2.05) is 6.92 Å². The zero-order valence-electron chi connectivity index (χ0n) is 15.0. The van der Waals surface area contributed by atoms with Crippen LogP contribution in [-0.4, -0.2) is 41.1 Å². The summed E-state index contributed by atoms with van der Waals surface area (Å²) in [6, 6.07) is 11.9. The highest BCUT2D eigenvalue weighted by Gasteiger charge is 2.40. The second-order valence-corrected chi connectivity index (χ2v) is 6.13. The van der Waals surface area contributed by atoms with Crippen LogP contribution >= 0.6 is 0 Å². The van der Waals surface area contributed by atoms with Crippen molar-refractivity contribution in [2.75, 3.05) is 11.9 Å². The summed E-state index contributed by atoms with van der Waals surface area (Å²) in [6.45, 7) is 3.80. The van der Waals surface area contributed by atoms with E-state index in [4.69, 9.17) is 0 Å². The summed E-state index contributed by atoms with van der Waals surface area (Å²) in [4.78, 5) is 50.4. The van der Waals surface area contributed by atoms with Crippen molar-refractivity contribution in [2.45, 2.75) is 19.9 Å². The zero-order chi connectivity index (χ0) is 19.6. The lowest BCUT2D eigenvalue weighted by molar-refractivity contribution is -0.119. The van der Waals surface area contributed by atoms with E-state index < -0.39 is 23.8 Å². The second-order valence-electron chi connectivity index (χ2n) is 6.13. The van der Waals surface area contributed by atoms with Crippen LogP contribution in [0.3, 0.4) is 0 Å². The molecule has 0 saturated heterocycles. The summed E-state index contributed by atoms with van der Waals surface area (Å²) in [5, 5.41) is 5.34. The summed E-state index contributed by atoms with van der Waals surface area (Å²) < 4.78 is 0. The molecule has 1 aliphatic heterocycles. The minimum Gasteiger partial charge on any atom is -0.352 e. The lowest BCUT2D eigenvalue weighted by Gasteiger charge is -2.21. The molecule has 0 spiro atoms. The molecule has 0 aromatic heterocycles. The van der Waals surface area contributed by atoms with Crippen molar-refractivity contribution < 1.29 is 19.2 Å². The predicted octanol–water partition coefficient (Wildman–Crippen LogP) is 2.06. The highest BCUT2D eigenvalue weighted by Crippen LogP contribution is 2.25. The SMILES string of the molecule is CCNC(=O)c1cccc(NC(=O)C(C)N2C(=O)c3ccccc3C2=O)c1. The number of rotatable bonds is 5. The maximum atomic E-state index is 12.6. The fourth-order valence-electron chi connectivity index (χ4n) is 2.92. The van der Waals surface area contributed by atoms with Crippen molar-refractivity contribution >= 4 is 29.3 Å².